The summed E-state index contributed by atoms with van der Waals surface area (Å²) in [7, 11) is 0. The molecular formula is C19H19BrN2O2. The van der Waals surface area contributed by atoms with E-state index in [0.717, 1.165) is 18.0 Å². The minimum Gasteiger partial charge on any atom is -1.00 e. The summed E-state index contributed by atoms with van der Waals surface area (Å²) in [4.78, 5) is 11.0. The Morgan fingerprint density at radius 3 is 2.46 bits per heavy atom. The summed E-state index contributed by atoms with van der Waals surface area (Å²) < 4.78 is 7.87. The van der Waals surface area contributed by atoms with Gasteiger partial charge < -0.3 is 27.0 Å². The molecule has 0 aliphatic carbocycles. The minimum atomic E-state index is -0.0774. The number of hydrogen-bond donors (Lipinski definition) is 1. The third-order valence-corrected chi connectivity index (χ3v) is 3.54. The molecule has 1 amide bonds. The van der Waals surface area contributed by atoms with Gasteiger partial charge in [0.25, 0.3) is 0 Å². The van der Waals surface area contributed by atoms with Gasteiger partial charge in [0.05, 0.1) is 0 Å². The highest BCUT2D eigenvalue weighted by atomic mass is 79.9. The third kappa shape index (κ3) is 4.80. The van der Waals surface area contributed by atoms with Crippen molar-refractivity contribution in [3.63, 3.8) is 0 Å². The highest BCUT2D eigenvalue weighted by molar-refractivity contribution is 5.88. The number of rotatable bonds is 5. The zero-order valence-electron chi connectivity index (χ0n) is 13.4. The number of nitrogens with zero attached hydrogens (tertiary/aromatic N) is 1. The van der Waals surface area contributed by atoms with Crippen LogP contribution in [0, 0.1) is 0 Å². The number of carbonyl (C=O) groups is 1. The van der Waals surface area contributed by atoms with Crippen LogP contribution in [0.25, 0.3) is 10.8 Å². The molecule has 24 heavy (non-hydrogen) atoms. The van der Waals surface area contributed by atoms with Gasteiger partial charge in [-0.05, 0) is 35.7 Å². The first-order valence-electron chi connectivity index (χ1n) is 7.59. The standard InChI is InChI=1S/C19H18N2O2.BrH/c1-15(22)20-18-6-8-19(9-7-18)23-13-12-21-11-10-16-4-2-3-5-17(16)14-21;/h2-11,14H,12-13H2,1H3;1H. The van der Waals surface area contributed by atoms with Gasteiger partial charge >= 0.3 is 0 Å². The monoisotopic (exact) mass is 386 g/mol. The Balaban J connectivity index is 0.00000208. The SMILES string of the molecule is CC(=O)Nc1ccc(OCC[n+]2ccc3ccccc3c2)cc1.[Br-]. The fourth-order valence-corrected chi connectivity index (χ4v) is 2.42. The summed E-state index contributed by atoms with van der Waals surface area (Å²) in [6.07, 6.45) is 4.18. The zero-order valence-corrected chi connectivity index (χ0v) is 15.0. The maximum absolute atomic E-state index is 11.0. The number of benzene rings is 2. The number of amides is 1. The fraction of sp³-hybridized carbons (Fsp3) is 0.158. The van der Waals surface area contributed by atoms with Crippen LogP contribution >= 0.6 is 0 Å². The lowest BCUT2D eigenvalue weighted by atomic mass is 10.2. The number of halogens is 1. The lowest BCUT2D eigenvalue weighted by molar-refractivity contribution is -0.696. The van der Waals surface area contributed by atoms with Gasteiger partial charge in [-0.3, -0.25) is 4.79 Å². The third-order valence-electron chi connectivity index (χ3n) is 3.54. The van der Waals surface area contributed by atoms with Gasteiger partial charge in [0.2, 0.25) is 5.91 Å². The Hall–Kier alpha value is -2.40. The normalized spacial score (nSPS) is 10.0. The van der Waals surface area contributed by atoms with E-state index in [1.54, 1.807) is 0 Å². The predicted octanol–water partition coefficient (Wildman–Crippen LogP) is 0.169. The zero-order chi connectivity index (χ0) is 16.1. The van der Waals surface area contributed by atoms with Gasteiger partial charge in [0, 0.05) is 24.1 Å². The molecule has 0 radical (unpaired) electrons. The smallest absolute Gasteiger partial charge is 0.221 e. The Kier molecular flexibility index (Phi) is 6.32. The summed E-state index contributed by atoms with van der Waals surface area (Å²) in [5, 5.41) is 5.18. The molecule has 0 bridgehead atoms. The first kappa shape index (κ1) is 17.9. The van der Waals surface area contributed by atoms with Crippen molar-refractivity contribution in [2.24, 2.45) is 0 Å². The predicted molar refractivity (Wildman–Crippen MR) is 90.4 cm³/mol. The van der Waals surface area contributed by atoms with E-state index in [1.807, 2.05) is 36.4 Å². The number of anilines is 1. The molecule has 0 fully saturated rings. The largest absolute Gasteiger partial charge is 1.00 e. The Morgan fingerprint density at radius 2 is 1.75 bits per heavy atom. The molecule has 0 unspecified atom stereocenters. The molecule has 5 heteroatoms. The second-order valence-electron chi connectivity index (χ2n) is 5.37. The van der Waals surface area contributed by atoms with Crippen LogP contribution in [0.3, 0.4) is 0 Å². The van der Waals surface area contributed by atoms with Crippen LogP contribution in [0.4, 0.5) is 5.69 Å². The Bertz CT molecular complexity index is 819. The average molecular weight is 387 g/mol. The van der Waals surface area contributed by atoms with Crippen LogP contribution in [-0.2, 0) is 11.3 Å². The second-order valence-corrected chi connectivity index (χ2v) is 5.37. The number of fused-ring (bicyclic) bond motifs is 1. The van der Waals surface area contributed by atoms with Gasteiger partial charge in [-0.1, -0.05) is 18.2 Å². The second kappa shape index (κ2) is 8.45. The van der Waals surface area contributed by atoms with Crippen molar-refractivity contribution in [1.82, 2.24) is 0 Å². The molecule has 2 aromatic carbocycles. The van der Waals surface area contributed by atoms with Crippen molar-refractivity contribution in [2.45, 2.75) is 13.5 Å². The lowest BCUT2D eigenvalue weighted by Gasteiger charge is -2.06. The first-order chi connectivity index (χ1) is 11.2. The Morgan fingerprint density at radius 1 is 1.04 bits per heavy atom. The van der Waals surface area contributed by atoms with Crippen molar-refractivity contribution in [3.05, 3.63) is 67.0 Å². The van der Waals surface area contributed by atoms with Gasteiger partial charge in [-0.2, -0.15) is 0 Å². The molecule has 1 heterocycles. The number of aromatic nitrogens is 1. The number of pyridine rings is 1. The summed E-state index contributed by atoms with van der Waals surface area (Å²) in [5.74, 6) is 0.715. The summed E-state index contributed by atoms with van der Waals surface area (Å²) in [5.41, 5.74) is 0.772. The van der Waals surface area contributed by atoms with Crippen molar-refractivity contribution in [1.29, 1.82) is 0 Å². The van der Waals surface area contributed by atoms with Crippen molar-refractivity contribution in [3.8, 4) is 5.75 Å². The fourth-order valence-electron chi connectivity index (χ4n) is 2.42. The van der Waals surface area contributed by atoms with Crippen LogP contribution in [-0.4, -0.2) is 12.5 Å². The van der Waals surface area contributed by atoms with E-state index in [2.05, 4.69) is 40.5 Å². The Labute approximate surface area is 151 Å². The molecular weight excluding hydrogens is 368 g/mol. The highest BCUT2D eigenvalue weighted by Crippen LogP contribution is 2.15. The van der Waals surface area contributed by atoms with Crippen LogP contribution in [0.2, 0.25) is 0 Å². The van der Waals surface area contributed by atoms with Crippen molar-refractivity contribution in [2.75, 3.05) is 11.9 Å². The molecule has 1 N–H and O–H groups in total. The van der Waals surface area contributed by atoms with E-state index < -0.39 is 0 Å². The molecule has 0 saturated carbocycles. The molecule has 0 aliphatic heterocycles. The van der Waals surface area contributed by atoms with Gasteiger partial charge in [-0.25, -0.2) is 4.57 Å². The van der Waals surface area contributed by atoms with Gasteiger partial charge in [0.15, 0.2) is 18.9 Å². The van der Waals surface area contributed by atoms with Gasteiger partial charge in [0.1, 0.15) is 12.4 Å². The summed E-state index contributed by atoms with van der Waals surface area (Å²) >= 11 is 0. The number of hydrogen-bond acceptors (Lipinski definition) is 2. The maximum Gasteiger partial charge on any atom is 0.221 e. The number of carbonyl (C=O) groups excluding carboxylic acids is 1. The average Bonchev–Trinajstić information content (AvgIpc) is 2.56. The molecule has 0 spiro atoms. The van der Waals surface area contributed by atoms with Gasteiger partial charge in [-0.15, -0.1) is 0 Å². The number of ether oxygens (including phenoxy) is 1. The lowest BCUT2D eigenvalue weighted by Crippen LogP contribution is -3.00. The maximum atomic E-state index is 11.0. The minimum absolute atomic E-state index is 0. The highest BCUT2D eigenvalue weighted by Gasteiger charge is 2.03. The van der Waals surface area contributed by atoms with E-state index in [4.69, 9.17) is 4.74 Å². The van der Waals surface area contributed by atoms with Crippen LogP contribution < -0.4 is 31.6 Å². The van der Waals surface area contributed by atoms with Crippen molar-refractivity contribution >= 4 is 22.4 Å². The first-order valence-corrected chi connectivity index (χ1v) is 7.59. The summed E-state index contributed by atoms with van der Waals surface area (Å²) in [6.45, 7) is 2.85. The molecule has 4 nitrogen and oxygen atoms in total. The van der Waals surface area contributed by atoms with Crippen LogP contribution in [0.5, 0.6) is 5.75 Å². The molecule has 3 aromatic rings. The van der Waals surface area contributed by atoms with Crippen LogP contribution in [0.15, 0.2) is 67.0 Å². The topological polar surface area (TPSA) is 42.2 Å². The van der Waals surface area contributed by atoms with E-state index >= 15 is 0 Å². The van der Waals surface area contributed by atoms with Crippen LogP contribution in [0.1, 0.15) is 6.92 Å². The quantitative estimate of drug-likeness (QED) is 0.635. The van der Waals surface area contributed by atoms with E-state index in [-0.39, 0.29) is 22.9 Å². The van der Waals surface area contributed by atoms with E-state index in [9.17, 15) is 4.79 Å². The summed E-state index contributed by atoms with van der Waals surface area (Å²) in [6, 6.07) is 17.8. The molecule has 0 aliphatic rings. The van der Waals surface area contributed by atoms with E-state index in [1.165, 1.54) is 17.7 Å². The number of nitrogens with one attached hydrogen (secondary N) is 1. The van der Waals surface area contributed by atoms with E-state index in [0.29, 0.717) is 6.61 Å². The molecule has 124 valence electrons. The molecule has 3 rings (SSSR count). The van der Waals surface area contributed by atoms with Crippen molar-refractivity contribution < 1.29 is 31.1 Å². The molecule has 0 saturated heterocycles. The molecule has 1 aromatic heterocycles. The molecule has 0 atom stereocenters.